The summed E-state index contributed by atoms with van der Waals surface area (Å²) >= 11 is -0.826. The van der Waals surface area contributed by atoms with Crippen molar-refractivity contribution >= 4 is 48.1 Å². The van der Waals surface area contributed by atoms with E-state index in [-0.39, 0.29) is 5.41 Å². The van der Waals surface area contributed by atoms with Gasteiger partial charge in [-0.3, -0.25) is 0 Å². The van der Waals surface area contributed by atoms with Crippen molar-refractivity contribution in [3.05, 3.63) is 132 Å². The number of hydrogen-bond acceptors (Lipinski definition) is 0. The fraction of sp³-hybridized carbons (Fsp3) is 0.302. The summed E-state index contributed by atoms with van der Waals surface area (Å²) in [4.78, 5) is 0. The van der Waals surface area contributed by atoms with Gasteiger partial charge in [-0.05, 0) is 46.9 Å². The number of rotatable bonds is 7. The van der Waals surface area contributed by atoms with E-state index in [1.807, 2.05) is 0 Å². The van der Waals surface area contributed by atoms with Gasteiger partial charge in [-0.15, -0.1) is 63.5 Å². The van der Waals surface area contributed by atoms with E-state index >= 15 is 0 Å². The first-order chi connectivity index (χ1) is 22.7. The van der Waals surface area contributed by atoms with Gasteiger partial charge in [-0.1, -0.05) is 132 Å². The maximum absolute atomic E-state index is 4.93. The van der Waals surface area contributed by atoms with Crippen molar-refractivity contribution in [3.8, 4) is 22.3 Å². The van der Waals surface area contributed by atoms with Gasteiger partial charge in [-0.2, -0.15) is 18.2 Å². The van der Waals surface area contributed by atoms with Crippen LogP contribution >= 0.6 is 17.0 Å². The minimum absolute atomic E-state index is 0.213. The van der Waals surface area contributed by atoms with Gasteiger partial charge in [0.1, 0.15) is 0 Å². The Morgan fingerprint density at radius 2 is 1.23 bits per heavy atom. The first-order valence-corrected chi connectivity index (χ1v) is 25.1. The Morgan fingerprint density at radius 3 is 1.79 bits per heavy atom. The van der Waals surface area contributed by atoms with Gasteiger partial charge in [0.15, 0.2) is 0 Å². The van der Waals surface area contributed by atoms with Crippen LogP contribution in [0.15, 0.2) is 115 Å². The predicted molar refractivity (Wildman–Crippen MR) is 210 cm³/mol. The third kappa shape index (κ3) is 11.7. The second-order valence-corrected chi connectivity index (χ2v) is 17.7. The average molecular weight is 757 g/mol. The quantitative estimate of drug-likeness (QED) is 0.112. The van der Waals surface area contributed by atoms with Gasteiger partial charge in [0.05, 0.1) is 0 Å². The molecule has 0 aromatic heterocycles. The van der Waals surface area contributed by atoms with E-state index in [2.05, 4.69) is 163 Å². The van der Waals surface area contributed by atoms with Crippen LogP contribution in [0.25, 0.3) is 43.8 Å². The Hall–Kier alpha value is -2.22. The standard InChI is InChI=1S/C22H25.C19H19.C2H6Si.2ClH.Zr/c1-3-5-8-17-11-13-19(14-12-17)21-10-6-9-20-15-18(7-4-2)16-22(20)21;1-19(2,3)16-12-10-15(11-13-16)18-9-5-7-14-6-4-8-17(14)18;1-3-2;;;/h6,9-16H,3-5,7-8H2,1-2H3;4-13H,1-3H3;1-2H3;2*1H;/q2*-1;;;;+4/p-2. The van der Waals surface area contributed by atoms with Gasteiger partial charge in [0.2, 0.25) is 0 Å². The molecule has 4 heteroatoms. The van der Waals surface area contributed by atoms with Gasteiger partial charge >= 0.3 is 37.9 Å². The monoisotopic (exact) mass is 754 g/mol. The first kappa shape index (κ1) is 39.2. The van der Waals surface area contributed by atoms with Crippen LogP contribution in [-0.2, 0) is 39.1 Å². The second kappa shape index (κ2) is 20.3. The predicted octanol–water partition coefficient (Wildman–Crippen LogP) is 14.2. The Labute approximate surface area is 306 Å². The number of aryl methyl sites for hydroxylation is 2. The summed E-state index contributed by atoms with van der Waals surface area (Å²) in [6, 6.07) is 42.5. The van der Waals surface area contributed by atoms with Crippen LogP contribution in [0.3, 0.4) is 0 Å². The number of halogens is 2. The normalized spacial score (nSPS) is 10.7. The van der Waals surface area contributed by atoms with Gasteiger partial charge in [0.25, 0.3) is 0 Å². The van der Waals surface area contributed by atoms with Gasteiger partial charge in [-0.25, -0.2) is 0 Å². The molecule has 0 bridgehead atoms. The van der Waals surface area contributed by atoms with Crippen LogP contribution in [0.5, 0.6) is 0 Å². The zero-order valence-electron chi connectivity index (χ0n) is 29.3. The van der Waals surface area contributed by atoms with E-state index in [4.69, 9.17) is 17.0 Å². The number of unbranched alkanes of at least 4 members (excludes halogenated alkanes) is 1. The van der Waals surface area contributed by atoms with E-state index < -0.39 is 20.8 Å². The fourth-order valence-electron chi connectivity index (χ4n) is 5.78. The molecule has 6 aromatic rings. The Kier molecular flexibility index (Phi) is 17.0. The molecular weight excluding hydrogens is 707 g/mol. The molecule has 0 amide bonds. The Balaban J connectivity index is 0.000000221. The third-order valence-electron chi connectivity index (χ3n) is 8.17. The Bertz CT molecular complexity index is 1740. The molecule has 0 aliphatic rings. The summed E-state index contributed by atoms with van der Waals surface area (Å²) in [5.74, 6) is 0. The molecule has 0 fully saturated rings. The molecule has 0 saturated heterocycles. The van der Waals surface area contributed by atoms with Crippen LogP contribution in [-0.4, -0.2) is 9.52 Å². The van der Waals surface area contributed by atoms with Crippen molar-refractivity contribution in [2.45, 2.75) is 85.2 Å². The average Bonchev–Trinajstić information content (AvgIpc) is 3.72. The van der Waals surface area contributed by atoms with Crippen LogP contribution in [0.2, 0.25) is 13.1 Å². The van der Waals surface area contributed by atoms with Crippen molar-refractivity contribution in [1.82, 2.24) is 0 Å². The van der Waals surface area contributed by atoms with Crippen molar-refractivity contribution in [3.63, 3.8) is 0 Å². The molecule has 244 valence electrons. The summed E-state index contributed by atoms with van der Waals surface area (Å²) < 4.78 is 0. The van der Waals surface area contributed by atoms with E-state index in [9.17, 15) is 0 Å². The zero-order chi connectivity index (χ0) is 34.2. The second-order valence-electron chi connectivity index (χ2n) is 13.0. The topological polar surface area (TPSA) is 0 Å². The van der Waals surface area contributed by atoms with Crippen molar-refractivity contribution in [2.75, 3.05) is 0 Å². The summed E-state index contributed by atoms with van der Waals surface area (Å²) in [5.41, 5.74) is 9.82. The van der Waals surface area contributed by atoms with Crippen molar-refractivity contribution in [2.24, 2.45) is 0 Å². The molecule has 6 aromatic carbocycles. The van der Waals surface area contributed by atoms with Crippen molar-refractivity contribution in [1.29, 1.82) is 0 Å². The first-order valence-electron chi connectivity index (χ1n) is 16.8. The SMILES string of the molecule is CC(C)(C)c1ccc(-c2cccc3[cH-]ccc23)cc1.CCCCc1ccc(-c2cccc3[cH-]c(CCC)cc23)cc1.C[Si]C.[Cl][Zr+2][Cl]. The molecule has 0 heterocycles. The Morgan fingerprint density at radius 1 is 0.681 bits per heavy atom. The summed E-state index contributed by atoms with van der Waals surface area (Å²) in [5, 5.41) is 5.42. The molecule has 0 aliphatic heterocycles. The van der Waals surface area contributed by atoms with Crippen LogP contribution < -0.4 is 0 Å². The van der Waals surface area contributed by atoms with E-state index in [0.717, 1.165) is 9.52 Å². The maximum atomic E-state index is 4.93. The van der Waals surface area contributed by atoms with E-state index in [1.165, 1.54) is 92.6 Å². The molecule has 0 aliphatic carbocycles. The minimum atomic E-state index is -0.826. The molecular formula is C43H50Cl2SiZr. The number of fused-ring (bicyclic) bond motifs is 2. The molecule has 0 nitrogen and oxygen atoms in total. The van der Waals surface area contributed by atoms with Gasteiger partial charge in [0, 0.05) is 9.52 Å². The zero-order valence-corrected chi connectivity index (χ0v) is 34.2. The summed E-state index contributed by atoms with van der Waals surface area (Å²) in [6.45, 7) is 15.5. The molecule has 0 unspecified atom stereocenters. The number of hydrogen-bond donors (Lipinski definition) is 0. The summed E-state index contributed by atoms with van der Waals surface area (Å²) in [7, 11) is 11.0. The van der Waals surface area contributed by atoms with E-state index in [1.54, 1.807) is 0 Å². The van der Waals surface area contributed by atoms with Crippen LogP contribution in [0, 0.1) is 0 Å². The molecule has 0 saturated carbocycles. The molecule has 0 atom stereocenters. The third-order valence-corrected chi connectivity index (χ3v) is 8.17. The molecule has 0 N–H and O–H groups in total. The number of benzene rings is 4. The van der Waals surface area contributed by atoms with Gasteiger partial charge < -0.3 is 0 Å². The molecule has 2 radical (unpaired) electrons. The van der Waals surface area contributed by atoms with Crippen LogP contribution in [0.4, 0.5) is 0 Å². The fourth-order valence-corrected chi connectivity index (χ4v) is 5.78. The molecule has 0 spiro atoms. The van der Waals surface area contributed by atoms with Crippen LogP contribution in [0.1, 0.15) is 70.6 Å². The van der Waals surface area contributed by atoms with E-state index in [0.29, 0.717) is 0 Å². The molecule has 6 rings (SSSR count). The molecule has 47 heavy (non-hydrogen) atoms. The van der Waals surface area contributed by atoms with Crippen molar-refractivity contribution < 1.29 is 20.8 Å². The summed E-state index contributed by atoms with van der Waals surface area (Å²) in [6.07, 6.45) is 6.10.